The number of benzene rings is 1. The molecule has 0 saturated carbocycles. The molecule has 1 aliphatic rings. The minimum atomic E-state index is -4.65. The molecular formula is C22H20F3N7OS. The summed E-state index contributed by atoms with van der Waals surface area (Å²) in [5, 5.41) is 16.2. The maximum atomic E-state index is 13.1. The number of alkyl halides is 3. The number of piperidine rings is 1. The number of nitrogens with zero attached hydrogens (tertiary/aromatic N) is 6. The van der Waals surface area contributed by atoms with E-state index in [4.69, 9.17) is 0 Å². The van der Waals surface area contributed by atoms with Crippen LogP contribution in [0.25, 0.3) is 16.9 Å². The first-order valence-electron chi connectivity index (χ1n) is 10.7. The molecule has 0 bridgehead atoms. The predicted octanol–water partition coefficient (Wildman–Crippen LogP) is 4.43. The first kappa shape index (κ1) is 22.3. The van der Waals surface area contributed by atoms with Crippen molar-refractivity contribution in [1.82, 2.24) is 24.8 Å². The number of thiazole rings is 1. The molecule has 1 N–H and O–H groups in total. The topological polar surface area (TPSA) is 88.3 Å². The van der Waals surface area contributed by atoms with Crippen molar-refractivity contribution in [1.29, 1.82) is 0 Å². The van der Waals surface area contributed by atoms with Crippen LogP contribution in [0.5, 0.6) is 0 Å². The Morgan fingerprint density at radius 2 is 1.82 bits per heavy atom. The highest BCUT2D eigenvalue weighted by Gasteiger charge is 2.38. The van der Waals surface area contributed by atoms with Crippen LogP contribution in [-0.4, -0.2) is 43.8 Å². The van der Waals surface area contributed by atoms with Crippen molar-refractivity contribution in [3.05, 3.63) is 53.2 Å². The Hall–Kier alpha value is -3.54. The van der Waals surface area contributed by atoms with Gasteiger partial charge in [0.1, 0.15) is 5.82 Å². The molecule has 0 radical (unpaired) electrons. The second kappa shape index (κ2) is 8.67. The van der Waals surface area contributed by atoms with Gasteiger partial charge < -0.3 is 10.2 Å². The van der Waals surface area contributed by atoms with E-state index in [0.717, 1.165) is 16.8 Å². The number of halogens is 3. The molecule has 0 unspecified atom stereocenters. The zero-order chi connectivity index (χ0) is 23.9. The van der Waals surface area contributed by atoms with E-state index in [1.807, 2.05) is 41.5 Å². The van der Waals surface area contributed by atoms with Crippen LogP contribution in [-0.2, 0) is 11.0 Å². The third-order valence-corrected chi connectivity index (χ3v) is 6.53. The summed E-state index contributed by atoms with van der Waals surface area (Å²) in [5.74, 6) is -1.09. The molecule has 0 spiro atoms. The maximum absolute atomic E-state index is 13.1. The molecule has 0 aliphatic carbocycles. The lowest BCUT2D eigenvalue weighted by Gasteiger charge is -2.31. The number of hydrogen-bond acceptors (Lipinski definition) is 7. The highest BCUT2D eigenvalue weighted by molar-refractivity contribution is 7.14. The summed E-state index contributed by atoms with van der Waals surface area (Å²) >= 11 is 1.37. The van der Waals surface area contributed by atoms with E-state index in [1.54, 1.807) is 6.07 Å². The van der Waals surface area contributed by atoms with E-state index in [2.05, 4.69) is 25.6 Å². The summed E-state index contributed by atoms with van der Waals surface area (Å²) in [5.41, 5.74) is 2.99. The van der Waals surface area contributed by atoms with Crippen molar-refractivity contribution in [2.75, 3.05) is 23.3 Å². The number of carbonyl (C=O) groups excluding carboxylic acids is 1. The fourth-order valence-electron chi connectivity index (χ4n) is 3.89. The molecule has 176 valence electrons. The summed E-state index contributed by atoms with van der Waals surface area (Å²) in [6.07, 6.45) is -3.54. The van der Waals surface area contributed by atoms with Crippen LogP contribution >= 0.6 is 11.3 Å². The zero-order valence-corrected chi connectivity index (χ0v) is 18.9. The standard InChI is InChI=1S/C22H20F3N7OS/c1-13-2-4-14(5-3-13)16-12-34-21(26-16)27-19(33)15-8-10-31(11-9-15)18-7-6-17-28-29-20(22(23,24)25)32(17)30-18/h2-7,12,15H,8-11H2,1H3,(H,26,27,33). The molecule has 1 fully saturated rings. The Bertz CT molecular complexity index is 1320. The van der Waals surface area contributed by atoms with Crippen molar-refractivity contribution >= 4 is 33.8 Å². The van der Waals surface area contributed by atoms with E-state index in [0.29, 0.717) is 41.4 Å². The average molecular weight is 488 g/mol. The Morgan fingerprint density at radius 1 is 1.09 bits per heavy atom. The highest BCUT2D eigenvalue weighted by atomic mass is 32.1. The minimum Gasteiger partial charge on any atom is -0.355 e. The largest absolute Gasteiger partial charge is 0.453 e. The zero-order valence-electron chi connectivity index (χ0n) is 18.1. The van der Waals surface area contributed by atoms with Crippen molar-refractivity contribution in [3.63, 3.8) is 0 Å². The predicted molar refractivity (Wildman–Crippen MR) is 122 cm³/mol. The van der Waals surface area contributed by atoms with E-state index < -0.39 is 12.0 Å². The van der Waals surface area contributed by atoms with Crippen LogP contribution in [0.1, 0.15) is 24.2 Å². The van der Waals surface area contributed by atoms with Gasteiger partial charge in [0.05, 0.1) is 5.69 Å². The van der Waals surface area contributed by atoms with Gasteiger partial charge >= 0.3 is 6.18 Å². The third kappa shape index (κ3) is 4.45. The molecule has 12 heteroatoms. The normalized spacial score (nSPS) is 15.1. The number of aryl methyl sites for hydroxylation is 1. The van der Waals surface area contributed by atoms with Gasteiger partial charge in [0.25, 0.3) is 5.82 Å². The monoisotopic (exact) mass is 487 g/mol. The SMILES string of the molecule is Cc1ccc(-c2csc(NC(=O)C3CCN(c4ccc5nnc(C(F)(F)F)n5n4)CC3)n2)cc1. The van der Waals surface area contributed by atoms with E-state index >= 15 is 0 Å². The maximum Gasteiger partial charge on any atom is 0.453 e. The number of nitrogens with one attached hydrogen (secondary N) is 1. The van der Waals surface area contributed by atoms with Gasteiger partial charge in [-0.2, -0.15) is 17.7 Å². The summed E-state index contributed by atoms with van der Waals surface area (Å²) in [4.78, 5) is 19.2. The van der Waals surface area contributed by atoms with E-state index in [-0.39, 0.29) is 17.5 Å². The quantitative estimate of drug-likeness (QED) is 0.458. The number of hydrogen-bond donors (Lipinski definition) is 1. The number of amides is 1. The van der Waals surface area contributed by atoms with Crippen LogP contribution in [0.15, 0.2) is 41.8 Å². The van der Waals surface area contributed by atoms with Crippen molar-refractivity contribution in [2.24, 2.45) is 5.92 Å². The summed E-state index contributed by atoms with van der Waals surface area (Å²) in [7, 11) is 0. The van der Waals surface area contributed by atoms with Gasteiger partial charge in [0.2, 0.25) is 5.91 Å². The molecule has 0 atom stereocenters. The van der Waals surface area contributed by atoms with Gasteiger partial charge in [-0.3, -0.25) is 4.79 Å². The molecule has 5 rings (SSSR count). The Kier molecular flexibility index (Phi) is 5.68. The highest BCUT2D eigenvalue weighted by Crippen LogP contribution is 2.30. The number of fused-ring (bicyclic) bond motifs is 1. The number of aromatic nitrogens is 5. The second-order valence-electron chi connectivity index (χ2n) is 8.14. The molecular weight excluding hydrogens is 467 g/mol. The van der Waals surface area contributed by atoms with Gasteiger partial charge in [-0.15, -0.1) is 26.6 Å². The molecule has 4 aromatic rings. The number of rotatable bonds is 4. The molecule has 1 aliphatic heterocycles. The van der Waals surface area contributed by atoms with Gasteiger partial charge in [-0.1, -0.05) is 29.8 Å². The van der Waals surface area contributed by atoms with Gasteiger partial charge in [-0.25, -0.2) is 4.98 Å². The number of carbonyl (C=O) groups is 1. The average Bonchev–Trinajstić information content (AvgIpc) is 3.46. The Balaban J connectivity index is 1.22. The second-order valence-corrected chi connectivity index (χ2v) is 9.00. The summed E-state index contributed by atoms with van der Waals surface area (Å²) < 4.78 is 40.1. The van der Waals surface area contributed by atoms with E-state index in [1.165, 1.54) is 17.4 Å². The van der Waals surface area contributed by atoms with Gasteiger partial charge in [0, 0.05) is 30.0 Å². The van der Waals surface area contributed by atoms with Crippen LogP contribution in [0, 0.1) is 12.8 Å². The fraction of sp³-hybridized carbons (Fsp3) is 0.318. The molecule has 1 aromatic carbocycles. The van der Waals surface area contributed by atoms with Crippen LogP contribution < -0.4 is 10.2 Å². The van der Waals surface area contributed by atoms with Crippen molar-refractivity contribution in [3.8, 4) is 11.3 Å². The first-order valence-corrected chi connectivity index (χ1v) is 11.5. The smallest absolute Gasteiger partial charge is 0.355 e. The Morgan fingerprint density at radius 3 is 2.53 bits per heavy atom. The lowest BCUT2D eigenvalue weighted by molar-refractivity contribution is -0.146. The molecule has 1 saturated heterocycles. The number of anilines is 2. The van der Waals surface area contributed by atoms with Crippen molar-refractivity contribution < 1.29 is 18.0 Å². The van der Waals surface area contributed by atoms with Gasteiger partial charge in [-0.05, 0) is 31.9 Å². The lowest BCUT2D eigenvalue weighted by atomic mass is 9.96. The Labute approximate surface area is 196 Å². The molecule has 4 heterocycles. The van der Waals surface area contributed by atoms with Crippen LogP contribution in [0.2, 0.25) is 0 Å². The molecule has 8 nitrogen and oxygen atoms in total. The molecule has 1 amide bonds. The molecule has 34 heavy (non-hydrogen) atoms. The van der Waals surface area contributed by atoms with Gasteiger partial charge in [0.15, 0.2) is 10.8 Å². The van der Waals surface area contributed by atoms with Crippen LogP contribution in [0.3, 0.4) is 0 Å². The fourth-order valence-corrected chi connectivity index (χ4v) is 4.61. The third-order valence-electron chi connectivity index (χ3n) is 5.77. The minimum absolute atomic E-state index is 0.0267. The summed E-state index contributed by atoms with van der Waals surface area (Å²) in [6.45, 7) is 3.00. The molecule has 3 aromatic heterocycles. The van der Waals surface area contributed by atoms with Crippen LogP contribution in [0.4, 0.5) is 24.1 Å². The first-order chi connectivity index (χ1) is 16.3. The summed E-state index contributed by atoms with van der Waals surface area (Å²) in [6, 6.07) is 11.1. The van der Waals surface area contributed by atoms with E-state index in [9.17, 15) is 18.0 Å². The lowest BCUT2D eigenvalue weighted by Crippen LogP contribution is -2.38. The van der Waals surface area contributed by atoms with Crippen molar-refractivity contribution in [2.45, 2.75) is 25.9 Å².